The van der Waals surface area contributed by atoms with Gasteiger partial charge in [-0.15, -0.1) is 0 Å². The number of benzene rings is 2. The molecule has 30 heavy (non-hydrogen) atoms. The maximum atomic E-state index is 12.1. The third-order valence-corrected chi connectivity index (χ3v) is 4.04. The molecule has 0 aliphatic carbocycles. The van der Waals surface area contributed by atoms with Gasteiger partial charge in [0.25, 0.3) is 5.69 Å². The molecule has 0 radical (unpaired) electrons. The lowest BCUT2D eigenvalue weighted by Crippen LogP contribution is -2.75. The summed E-state index contributed by atoms with van der Waals surface area (Å²) in [6, 6.07) is 11.8. The molecule has 0 aromatic heterocycles. The predicted molar refractivity (Wildman–Crippen MR) is 115 cm³/mol. The average Bonchev–Trinajstić information content (AvgIpc) is 2.71. The summed E-state index contributed by atoms with van der Waals surface area (Å²) in [5.74, 6) is -0.596. The van der Waals surface area contributed by atoms with Gasteiger partial charge in [0.2, 0.25) is 0 Å². The fraction of sp³-hybridized carbons (Fsp3) is 0.227. The number of anilines is 2. The minimum Gasteiger partial charge on any atom is -0.459 e. The number of carbonyl (C=O) groups is 1. The number of nitrogens with two attached hydrogens (primary N) is 1. The standard InChI is InChI=1S/C22H25N3O5/c1-15(2)30-22(26)18-10-11-20(21(14-18)25(27)28)24-19-9-5-8-17(13-19)16(3)7-6-12-23-29-4/h5-15,23-24H,1-4H3/p+1/b12-6-,16-7+. The quantitative estimate of drug-likeness (QED) is 0.280. The van der Waals surface area contributed by atoms with Crippen molar-refractivity contribution in [3.63, 3.8) is 0 Å². The number of nitro benzene ring substituents is 1. The lowest BCUT2D eigenvalue weighted by Gasteiger charge is -2.11. The Morgan fingerprint density at radius 3 is 2.63 bits per heavy atom. The van der Waals surface area contributed by atoms with E-state index in [9.17, 15) is 14.9 Å². The van der Waals surface area contributed by atoms with Gasteiger partial charge in [-0.3, -0.25) is 10.1 Å². The van der Waals surface area contributed by atoms with Crippen LogP contribution in [0.15, 0.2) is 60.8 Å². The van der Waals surface area contributed by atoms with Crippen LogP contribution in [0.25, 0.3) is 5.57 Å². The number of allylic oxidation sites excluding steroid dienone is 3. The predicted octanol–water partition coefficient (Wildman–Crippen LogP) is 3.95. The van der Waals surface area contributed by atoms with Crippen LogP contribution in [0.4, 0.5) is 17.1 Å². The van der Waals surface area contributed by atoms with Crippen LogP contribution in [0.3, 0.4) is 0 Å². The van der Waals surface area contributed by atoms with Gasteiger partial charge in [0.05, 0.1) is 23.7 Å². The van der Waals surface area contributed by atoms with Crippen LogP contribution in [0.5, 0.6) is 0 Å². The highest BCUT2D eigenvalue weighted by atomic mass is 16.6. The van der Waals surface area contributed by atoms with Crippen molar-refractivity contribution < 1.29 is 24.8 Å². The zero-order valence-corrected chi connectivity index (χ0v) is 17.4. The highest BCUT2D eigenvalue weighted by Crippen LogP contribution is 2.30. The van der Waals surface area contributed by atoms with Gasteiger partial charge >= 0.3 is 5.97 Å². The van der Waals surface area contributed by atoms with Crippen LogP contribution in [-0.2, 0) is 9.57 Å². The van der Waals surface area contributed by atoms with E-state index in [1.54, 1.807) is 32.6 Å². The van der Waals surface area contributed by atoms with Crippen molar-refractivity contribution in [1.82, 2.24) is 0 Å². The number of nitro groups is 1. The van der Waals surface area contributed by atoms with Crippen LogP contribution in [0, 0.1) is 10.1 Å². The van der Waals surface area contributed by atoms with Crippen molar-refractivity contribution in [2.45, 2.75) is 26.9 Å². The molecule has 3 N–H and O–H groups in total. The van der Waals surface area contributed by atoms with E-state index in [2.05, 4.69) is 5.32 Å². The first-order valence-electron chi connectivity index (χ1n) is 9.38. The summed E-state index contributed by atoms with van der Waals surface area (Å²) in [5.41, 5.74) is 4.45. The molecule has 158 valence electrons. The molecule has 0 fully saturated rings. The second-order valence-corrected chi connectivity index (χ2v) is 6.76. The first-order valence-corrected chi connectivity index (χ1v) is 9.38. The number of nitrogens with zero attached hydrogens (tertiary/aromatic N) is 1. The van der Waals surface area contributed by atoms with Crippen LogP contribution < -0.4 is 10.8 Å². The summed E-state index contributed by atoms with van der Waals surface area (Å²) in [5, 5.41) is 14.6. The molecule has 8 heteroatoms. The van der Waals surface area contributed by atoms with E-state index in [0.29, 0.717) is 5.69 Å². The summed E-state index contributed by atoms with van der Waals surface area (Å²) in [7, 11) is 1.58. The Balaban J connectivity index is 2.27. The molecule has 0 heterocycles. The molecule has 2 aromatic carbocycles. The number of rotatable bonds is 9. The number of esters is 1. The number of hydroxylamine groups is 1. The number of quaternary nitrogens is 1. The SMILES string of the molecule is CO[NH2+]/C=C\C=C(/C)c1cccc(Nc2ccc(C(=O)OC(C)C)cc2[N+](=O)[O-])c1. The van der Waals surface area contributed by atoms with E-state index in [4.69, 9.17) is 9.57 Å². The van der Waals surface area contributed by atoms with E-state index in [1.165, 1.54) is 18.2 Å². The van der Waals surface area contributed by atoms with Gasteiger partial charge in [-0.2, -0.15) is 5.48 Å². The zero-order valence-electron chi connectivity index (χ0n) is 17.4. The van der Waals surface area contributed by atoms with Crippen LogP contribution in [0.1, 0.15) is 36.7 Å². The molecule has 0 unspecified atom stereocenters. The Labute approximate surface area is 175 Å². The Morgan fingerprint density at radius 1 is 1.20 bits per heavy atom. The van der Waals surface area contributed by atoms with Crippen molar-refractivity contribution in [1.29, 1.82) is 0 Å². The lowest BCUT2D eigenvalue weighted by molar-refractivity contribution is -0.842. The summed E-state index contributed by atoms with van der Waals surface area (Å²) in [6.07, 6.45) is 5.27. The smallest absolute Gasteiger partial charge is 0.338 e. The largest absolute Gasteiger partial charge is 0.459 e. The Bertz CT molecular complexity index is 967. The molecule has 0 saturated carbocycles. The number of nitrogens with one attached hydrogen (secondary N) is 1. The van der Waals surface area contributed by atoms with Gasteiger partial charge in [0, 0.05) is 11.8 Å². The topological polar surface area (TPSA) is 107 Å². The second-order valence-electron chi connectivity index (χ2n) is 6.76. The maximum Gasteiger partial charge on any atom is 0.338 e. The molecular weight excluding hydrogens is 386 g/mol. The molecule has 0 saturated heterocycles. The van der Waals surface area contributed by atoms with E-state index < -0.39 is 10.9 Å². The molecule has 0 amide bonds. The summed E-state index contributed by atoms with van der Waals surface area (Å²) in [4.78, 5) is 27.9. The first kappa shape index (κ1) is 22.8. The molecule has 0 atom stereocenters. The van der Waals surface area contributed by atoms with Crippen molar-refractivity contribution in [2.24, 2.45) is 0 Å². The van der Waals surface area contributed by atoms with E-state index in [-0.39, 0.29) is 23.0 Å². The van der Waals surface area contributed by atoms with Crippen LogP contribution >= 0.6 is 0 Å². The Kier molecular flexibility index (Phi) is 8.28. The Morgan fingerprint density at radius 2 is 1.97 bits per heavy atom. The monoisotopic (exact) mass is 412 g/mol. The van der Waals surface area contributed by atoms with Gasteiger partial charge in [-0.05, 0) is 62.2 Å². The van der Waals surface area contributed by atoms with Crippen LogP contribution in [0.2, 0.25) is 0 Å². The van der Waals surface area contributed by atoms with E-state index in [1.807, 2.05) is 43.3 Å². The molecule has 2 aromatic rings. The van der Waals surface area contributed by atoms with Crippen molar-refractivity contribution in [2.75, 3.05) is 12.4 Å². The molecule has 0 aliphatic rings. The minimum atomic E-state index is -0.596. The lowest BCUT2D eigenvalue weighted by atomic mass is 10.1. The third-order valence-electron chi connectivity index (χ3n) is 4.04. The number of carbonyl (C=O) groups excluding carboxylic acids is 1. The number of hydrogen-bond donors (Lipinski definition) is 2. The second kappa shape index (κ2) is 10.9. The molecule has 0 spiro atoms. The minimum absolute atomic E-state index is 0.133. The molecule has 2 rings (SSSR count). The van der Waals surface area contributed by atoms with Crippen molar-refractivity contribution in [3.05, 3.63) is 82.1 Å². The molecule has 8 nitrogen and oxygen atoms in total. The van der Waals surface area contributed by atoms with Gasteiger partial charge in [0.1, 0.15) is 11.9 Å². The molecule has 0 bridgehead atoms. The van der Waals surface area contributed by atoms with Gasteiger partial charge < -0.3 is 10.1 Å². The first-order chi connectivity index (χ1) is 14.3. The van der Waals surface area contributed by atoms with E-state index >= 15 is 0 Å². The highest BCUT2D eigenvalue weighted by Gasteiger charge is 2.19. The fourth-order valence-corrected chi connectivity index (χ4v) is 2.62. The summed E-state index contributed by atoms with van der Waals surface area (Å²) >= 11 is 0. The fourth-order valence-electron chi connectivity index (χ4n) is 2.62. The highest BCUT2D eigenvalue weighted by molar-refractivity contribution is 5.92. The normalized spacial score (nSPS) is 11.7. The maximum absolute atomic E-state index is 12.1. The van der Waals surface area contributed by atoms with Crippen molar-refractivity contribution in [3.8, 4) is 0 Å². The van der Waals surface area contributed by atoms with E-state index in [0.717, 1.165) is 11.1 Å². The molecule has 0 aliphatic heterocycles. The number of ether oxygens (including phenoxy) is 1. The van der Waals surface area contributed by atoms with Gasteiger partial charge in [-0.1, -0.05) is 18.2 Å². The molecular formula is C22H26N3O5+. The van der Waals surface area contributed by atoms with Crippen molar-refractivity contribution >= 4 is 28.6 Å². The van der Waals surface area contributed by atoms with Crippen LogP contribution in [-0.4, -0.2) is 24.1 Å². The Hall–Kier alpha value is -3.49. The summed E-state index contributed by atoms with van der Waals surface area (Å²) < 4.78 is 5.11. The average molecular weight is 412 g/mol. The summed E-state index contributed by atoms with van der Waals surface area (Å²) in [6.45, 7) is 5.41. The van der Waals surface area contributed by atoms with Gasteiger partial charge in [0.15, 0.2) is 0 Å². The van der Waals surface area contributed by atoms with Gasteiger partial charge in [-0.25, -0.2) is 9.63 Å². The third kappa shape index (κ3) is 6.54. The number of hydrogen-bond acceptors (Lipinski definition) is 6. The zero-order chi connectivity index (χ0) is 22.1.